The molecular weight excluding hydrogens is 358 g/mol. The van der Waals surface area contributed by atoms with Crippen LogP contribution in [0.15, 0.2) is 67.1 Å². The van der Waals surface area contributed by atoms with Crippen molar-refractivity contribution in [1.82, 2.24) is 14.5 Å². The van der Waals surface area contributed by atoms with Gasteiger partial charge < -0.3 is 15.0 Å². The number of para-hydroxylation sites is 2. The molecule has 4 rings (SSSR count). The van der Waals surface area contributed by atoms with Crippen LogP contribution >= 0.6 is 0 Å². The van der Waals surface area contributed by atoms with Crippen LogP contribution in [0, 0.1) is 17.0 Å². The Balaban J connectivity index is 1.89. The summed E-state index contributed by atoms with van der Waals surface area (Å²) in [7, 11) is 0. The van der Waals surface area contributed by atoms with E-state index in [0.717, 1.165) is 16.6 Å². The molecule has 0 radical (unpaired) electrons. The molecule has 140 valence electrons. The quantitative estimate of drug-likeness (QED) is 0.403. The minimum atomic E-state index is -0.651. The maximum atomic E-state index is 11.3. The van der Waals surface area contributed by atoms with Crippen molar-refractivity contribution in [3.63, 3.8) is 0 Å². The number of benzene rings is 2. The van der Waals surface area contributed by atoms with Gasteiger partial charge in [0.2, 0.25) is 0 Å². The maximum absolute atomic E-state index is 11.3. The van der Waals surface area contributed by atoms with Gasteiger partial charge in [-0.2, -0.15) is 0 Å². The number of hydrogen-bond donors (Lipinski definition) is 2. The lowest BCUT2D eigenvalue weighted by Gasteiger charge is -2.23. The van der Waals surface area contributed by atoms with E-state index < -0.39 is 11.1 Å². The number of nitrogens with one attached hydrogen (secondary N) is 1. The Labute approximate surface area is 160 Å². The van der Waals surface area contributed by atoms with Crippen LogP contribution in [-0.4, -0.2) is 24.6 Å². The molecule has 0 spiro atoms. The van der Waals surface area contributed by atoms with Gasteiger partial charge in [-0.25, -0.2) is 9.97 Å². The van der Waals surface area contributed by atoms with Gasteiger partial charge in [0.25, 0.3) is 5.69 Å². The molecule has 0 saturated carbocycles. The average molecular weight is 375 g/mol. The lowest BCUT2D eigenvalue weighted by molar-refractivity contribution is -0.385. The molecule has 4 aromatic rings. The summed E-state index contributed by atoms with van der Waals surface area (Å²) < 4.78 is 1.82. The summed E-state index contributed by atoms with van der Waals surface area (Å²) >= 11 is 0. The molecule has 0 aliphatic carbocycles. The molecule has 0 fully saturated rings. The highest BCUT2D eigenvalue weighted by molar-refractivity contribution is 5.75. The number of phenols is 1. The summed E-state index contributed by atoms with van der Waals surface area (Å²) in [5, 5.41) is 25.0. The first kappa shape index (κ1) is 17.5. The Hall–Kier alpha value is -3.94. The first-order chi connectivity index (χ1) is 13.5. The molecule has 0 bridgehead atoms. The number of aromatic nitrogens is 3. The minimum absolute atomic E-state index is 0.0615. The molecule has 1 atom stereocenters. The van der Waals surface area contributed by atoms with Gasteiger partial charge in [-0.05, 0) is 42.8 Å². The van der Waals surface area contributed by atoms with E-state index in [-0.39, 0.29) is 11.4 Å². The van der Waals surface area contributed by atoms with Crippen molar-refractivity contribution in [2.45, 2.75) is 13.1 Å². The standard InChI is InChI=1S/C20H17N5O3/c1-13-8-9-21-19(10-13)23-20(15-11-14(25(27)28)6-7-18(15)26)24-12-22-16-4-2-3-5-17(16)24/h2-12,20,26H,1H3,(H,21,23)/t20-/m1/s1. The molecule has 0 aliphatic rings. The fraction of sp³-hybridized carbons (Fsp3) is 0.100. The zero-order valence-electron chi connectivity index (χ0n) is 15.0. The number of anilines is 1. The zero-order chi connectivity index (χ0) is 19.7. The summed E-state index contributed by atoms with van der Waals surface area (Å²) in [6.07, 6.45) is 2.66. The van der Waals surface area contributed by atoms with Gasteiger partial charge in [-0.15, -0.1) is 0 Å². The van der Waals surface area contributed by atoms with E-state index in [4.69, 9.17) is 0 Å². The molecule has 2 aromatic heterocycles. The predicted molar refractivity (Wildman–Crippen MR) is 105 cm³/mol. The van der Waals surface area contributed by atoms with Gasteiger partial charge in [-0.1, -0.05) is 12.1 Å². The van der Waals surface area contributed by atoms with Crippen molar-refractivity contribution >= 4 is 22.5 Å². The second-order valence-corrected chi connectivity index (χ2v) is 6.41. The van der Waals surface area contributed by atoms with Gasteiger partial charge in [0.15, 0.2) is 0 Å². The number of nitro groups is 1. The van der Waals surface area contributed by atoms with E-state index in [1.54, 1.807) is 12.5 Å². The van der Waals surface area contributed by atoms with Crippen LogP contribution < -0.4 is 5.32 Å². The second kappa shape index (κ2) is 6.99. The number of non-ortho nitro benzene ring substituents is 1. The zero-order valence-corrected chi connectivity index (χ0v) is 15.0. The maximum Gasteiger partial charge on any atom is 0.270 e. The molecule has 8 nitrogen and oxygen atoms in total. The van der Waals surface area contributed by atoms with E-state index in [2.05, 4.69) is 15.3 Å². The Morgan fingerprint density at radius 2 is 1.96 bits per heavy atom. The Bertz CT molecular complexity index is 1170. The largest absolute Gasteiger partial charge is 0.508 e. The normalized spacial score (nSPS) is 12.0. The smallest absolute Gasteiger partial charge is 0.270 e. The lowest BCUT2D eigenvalue weighted by Crippen LogP contribution is -2.20. The van der Waals surface area contributed by atoms with Crippen molar-refractivity contribution in [3.05, 3.63) is 88.4 Å². The summed E-state index contributed by atoms with van der Waals surface area (Å²) in [5.41, 5.74) is 2.84. The Morgan fingerprint density at radius 3 is 2.75 bits per heavy atom. The van der Waals surface area contributed by atoms with E-state index in [1.807, 2.05) is 47.9 Å². The number of aryl methyl sites for hydroxylation is 1. The van der Waals surface area contributed by atoms with Gasteiger partial charge in [-0.3, -0.25) is 10.1 Å². The molecule has 0 unspecified atom stereocenters. The number of rotatable bonds is 5. The van der Waals surface area contributed by atoms with Crippen LogP contribution in [0.4, 0.5) is 11.5 Å². The first-order valence-corrected chi connectivity index (χ1v) is 8.61. The molecule has 2 heterocycles. The fourth-order valence-electron chi connectivity index (χ4n) is 3.11. The molecule has 0 amide bonds. The fourth-order valence-corrected chi connectivity index (χ4v) is 3.11. The van der Waals surface area contributed by atoms with E-state index >= 15 is 0 Å². The van der Waals surface area contributed by atoms with Crippen molar-refractivity contribution in [2.24, 2.45) is 0 Å². The van der Waals surface area contributed by atoms with Gasteiger partial charge in [0.05, 0.1) is 22.3 Å². The van der Waals surface area contributed by atoms with E-state index in [9.17, 15) is 15.2 Å². The third-order valence-corrected chi connectivity index (χ3v) is 4.48. The van der Waals surface area contributed by atoms with Gasteiger partial charge in [0, 0.05) is 23.9 Å². The SMILES string of the molecule is Cc1ccnc(N[C@@H](c2cc([N+](=O)[O-])ccc2O)n2cnc3ccccc32)c1. The first-order valence-electron chi connectivity index (χ1n) is 8.61. The van der Waals surface area contributed by atoms with Crippen LogP contribution in [0.1, 0.15) is 17.3 Å². The number of pyridine rings is 1. The van der Waals surface area contributed by atoms with Crippen LogP contribution in [0.25, 0.3) is 11.0 Å². The molecule has 0 aliphatic heterocycles. The average Bonchev–Trinajstić information content (AvgIpc) is 3.10. The second-order valence-electron chi connectivity index (χ2n) is 6.41. The third kappa shape index (κ3) is 3.23. The lowest BCUT2D eigenvalue weighted by atomic mass is 10.1. The highest BCUT2D eigenvalue weighted by Gasteiger charge is 2.23. The highest BCUT2D eigenvalue weighted by Crippen LogP contribution is 2.33. The minimum Gasteiger partial charge on any atom is -0.508 e. The van der Waals surface area contributed by atoms with Crippen LogP contribution in [-0.2, 0) is 0 Å². The van der Waals surface area contributed by atoms with Gasteiger partial charge >= 0.3 is 0 Å². The van der Waals surface area contributed by atoms with Crippen LogP contribution in [0.3, 0.4) is 0 Å². The molecule has 28 heavy (non-hydrogen) atoms. The van der Waals surface area contributed by atoms with Crippen molar-refractivity contribution in [3.8, 4) is 5.75 Å². The molecule has 0 saturated heterocycles. The van der Waals surface area contributed by atoms with E-state index in [1.165, 1.54) is 18.2 Å². The predicted octanol–water partition coefficient (Wildman–Crippen LogP) is 4.01. The topological polar surface area (TPSA) is 106 Å². The summed E-state index contributed by atoms with van der Waals surface area (Å²) in [6, 6.07) is 15.2. The Kier molecular flexibility index (Phi) is 4.36. The number of fused-ring (bicyclic) bond motifs is 1. The third-order valence-electron chi connectivity index (χ3n) is 4.48. The van der Waals surface area contributed by atoms with Crippen LogP contribution in [0.2, 0.25) is 0 Å². The molecule has 8 heteroatoms. The number of nitrogens with zero attached hydrogens (tertiary/aromatic N) is 4. The number of hydrogen-bond acceptors (Lipinski definition) is 6. The monoisotopic (exact) mass is 375 g/mol. The molecule has 2 aromatic carbocycles. The van der Waals surface area contributed by atoms with E-state index in [0.29, 0.717) is 11.4 Å². The highest BCUT2D eigenvalue weighted by atomic mass is 16.6. The molecule has 2 N–H and O–H groups in total. The molecular formula is C20H17N5O3. The summed E-state index contributed by atoms with van der Waals surface area (Å²) in [5.74, 6) is 0.516. The number of nitro benzene ring substituents is 1. The van der Waals surface area contributed by atoms with Crippen LogP contribution in [0.5, 0.6) is 5.75 Å². The van der Waals surface area contributed by atoms with Crippen molar-refractivity contribution < 1.29 is 10.0 Å². The number of aromatic hydroxyl groups is 1. The summed E-state index contributed by atoms with van der Waals surface area (Å²) in [4.78, 5) is 19.5. The number of phenolic OH excluding ortho intramolecular Hbond substituents is 1. The summed E-state index contributed by atoms with van der Waals surface area (Å²) in [6.45, 7) is 1.94. The van der Waals surface area contributed by atoms with Crippen molar-refractivity contribution in [1.29, 1.82) is 0 Å². The van der Waals surface area contributed by atoms with Crippen molar-refractivity contribution in [2.75, 3.05) is 5.32 Å². The van der Waals surface area contributed by atoms with Gasteiger partial charge in [0.1, 0.15) is 17.7 Å². The number of imidazole rings is 1. The Morgan fingerprint density at radius 1 is 1.14 bits per heavy atom.